The molecular weight excluding hydrogens is 300 g/mol. The molecule has 5 heteroatoms. The molecule has 0 aromatic carbocycles. The molecule has 0 aliphatic rings. The van der Waals surface area contributed by atoms with Crippen LogP contribution in [0.4, 0.5) is 0 Å². The van der Waals surface area contributed by atoms with Crippen LogP contribution in [0, 0.1) is 0 Å². The Morgan fingerprint density at radius 2 is 2.23 bits per heavy atom. The Kier molecular flexibility index (Phi) is 3.70. The summed E-state index contributed by atoms with van der Waals surface area (Å²) in [4.78, 5) is 11.5. The zero-order valence-corrected chi connectivity index (χ0v) is 10.3. The van der Waals surface area contributed by atoms with Gasteiger partial charge in [0.05, 0.1) is 4.47 Å². The summed E-state index contributed by atoms with van der Waals surface area (Å²) < 4.78 is 2.99. The van der Waals surface area contributed by atoms with E-state index in [0.29, 0.717) is 11.0 Å². The van der Waals surface area contributed by atoms with Crippen molar-refractivity contribution >= 4 is 31.9 Å². The monoisotopic (exact) mass is 308 g/mol. The van der Waals surface area contributed by atoms with Crippen molar-refractivity contribution in [2.75, 3.05) is 0 Å². The maximum Gasteiger partial charge on any atom is 0.264 e. The van der Waals surface area contributed by atoms with Crippen LogP contribution in [-0.4, -0.2) is 10.6 Å². The summed E-state index contributed by atoms with van der Waals surface area (Å²) in [6, 6.07) is 1.69. The van der Waals surface area contributed by atoms with Gasteiger partial charge in [0.1, 0.15) is 0 Å². The molecule has 0 amide bonds. The fourth-order valence-electron chi connectivity index (χ4n) is 1.01. The summed E-state index contributed by atoms with van der Waals surface area (Å²) in [6.07, 6.45) is 1.73. The van der Waals surface area contributed by atoms with Crippen molar-refractivity contribution in [3.8, 4) is 0 Å². The zero-order valence-electron chi connectivity index (χ0n) is 7.13. The molecule has 0 fully saturated rings. The Bertz CT molecular complexity index is 360. The lowest BCUT2D eigenvalue weighted by atomic mass is 10.3. The highest BCUT2D eigenvalue weighted by Gasteiger charge is 2.04. The minimum Gasteiger partial charge on any atom is -0.326 e. The number of rotatable bonds is 2. The van der Waals surface area contributed by atoms with Crippen LogP contribution < -0.4 is 11.3 Å². The Hall–Kier alpha value is -0.130. The average molecular weight is 310 g/mol. The first-order chi connectivity index (χ1) is 6.00. The molecule has 1 heterocycles. The van der Waals surface area contributed by atoms with Crippen molar-refractivity contribution in [2.45, 2.75) is 19.5 Å². The van der Waals surface area contributed by atoms with Gasteiger partial charge in [0.2, 0.25) is 0 Å². The maximum atomic E-state index is 11.5. The van der Waals surface area contributed by atoms with E-state index in [0.717, 1.165) is 4.47 Å². The Balaban J connectivity index is 3.13. The normalized spacial score (nSPS) is 12.9. The van der Waals surface area contributed by atoms with Crippen LogP contribution in [-0.2, 0) is 6.54 Å². The van der Waals surface area contributed by atoms with E-state index in [-0.39, 0.29) is 11.6 Å². The highest BCUT2D eigenvalue weighted by molar-refractivity contribution is 9.11. The third-order valence-electron chi connectivity index (χ3n) is 1.49. The predicted molar refractivity (Wildman–Crippen MR) is 59.8 cm³/mol. The summed E-state index contributed by atoms with van der Waals surface area (Å²) in [5.74, 6) is 0. The first kappa shape index (κ1) is 10.9. The van der Waals surface area contributed by atoms with E-state index >= 15 is 0 Å². The Morgan fingerprint density at radius 3 is 2.77 bits per heavy atom. The molecule has 0 saturated heterocycles. The van der Waals surface area contributed by atoms with Crippen LogP contribution in [0.5, 0.6) is 0 Å². The van der Waals surface area contributed by atoms with Gasteiger partial charge in [-0.25, -0.2) is 0 Å². The van der Waals surface area contributed by atoms with Crippen molar-refractivity contribution in [3.63, 3.8) is 0 Å². The summed E-state index contributed by atoms with van der Waals surface area (Å²) in [6.45, 7) is 2.39. The van der Waals surface area contributed by atoms with Gasteiger partial charge >= 0.3 is 0 Å². The van der Waals surface area contributed by atoms with Crippen molar-refractivity contribution in [3.05, 3.63) is 31.6 Å². The van der Waals surface area contributed by atoms with Crippen molar-refractivity contribution < 1.29 is 0 Å². The van der Waals surface area contributed by atoms with E-state index in [9.17, 15) is 4.79 Å². The van der Waals surface area contributed by atoms with Crippen LogP contribution >= 0.6 is 31.9 Å². The molecule has 72 valence electrons. The highest BCUT2D eigenvalue weighted by Crippen LogP contribution is 2.12. The van der Waals surface area contributed by atoms with Crippen LogP contribution in [0.3, 0.4) is 0 Å². The van der Waals surface area contributed by atoms with Crippen LogP contribution in [0.25, 0.3) is 0 Å². The van der Waals surface area contributed by atoms with Crippen LogP contribution in [0.1, 0.15) is 6.92 Å². The van der Waals surface area contributed by atoms with Crippen LogP contribution in [0.2, 0.25) is 0 Å². The average Bonchev–Trinajstić information content (AvgIpc) is 1.98. The Labute approximate surface area is 93.2 Å². The van der Waals surface area contributed by atoms with Gasteiger partial charge in [0.25, 0.3) is 5.56 Å². The molecule has 1 atom stereocenters. The summed E-state index contributed by atoms with van der Waals surface area (Å²) in [7, 11) is 0. The quantitative estimate of drug-likeness (QED) is 0.904. The van der Waals surface area contributed by atoms with Gasteiger partial charge in [-0.1, -0.05) is 0 Å². The molecule has 0 aliphatic carbocycles. The predicted octanol–water partition coefficient (Wildman–Crippen LogP) is 1.72. The number of nitrogens with zero attached hydrogens (tertiary/aromatic N) is 1. The second kappa shape index (κ2) is 4.39. The number of hydrogen-bond acceptors (Lipinski definition) is 2. The van der Waals surface area contributed by atoms with Gasteiger partial charge in [0, 0.05) is 23.3 Å². The molecule has 0 spiro atoms. The van der Waals surface area contributed by atoms with Gasteiger partial charge < -0.3 is 10.3 Å². The lowest BCUT2D eigenvalue weighted by Crippen LogP contribution is -2.29. The standard InChI is InChI=1S/C8H10Br2N2O/c1-5(11)3-12-4-6(9)2-7(10)8(12)13/h2,4-5H,3,11H2,1H3. The largest absolute Gasteiger partial charge is 0.326 e. The van der Waals surface area contributed by atoms with E-state index in [1.54, 1.807) is 16.8 Å². The summed E-state index contributed by atoms with van der Waals surface area (Å²) in [5, 5.41) is 0. The molecular formula is C8H10Br2N2O. The number of pyridine rings is 1. The van der Waals surface area contributed by atoms with Gasteiger partial charge in [-0.2, -0.15) is 0 Å². The molecule has 1 aromatic heterocycles. The zero-order chi connectivity index (χ0) is 10.0. The topological polar surface area (TPSA) is 48.0 Å². The third-order valence-corrected chi connectivity index (χ3v) is 2.50. The van der Waals surface area contributed by atoms with Crippen molar-refractivity contribution in [1.82, 2.24) is 4.57 Å². The van der Waals surface area contributed by atoms with Crippen molar-refractivity contribution in [2.24, 2.45) is 5.73 Å². The molecule has 0 radical (unpaired) electrons. The highest BCUT2D eigenvalue weighted by atomic mass is 79.9. The van der Waals surface area contributed by atoms with Crippen molar-refractivity contribution in [1.29, 1.82) is 0 Å². The molecule has 0 bridgehead atoms. The summed E-state index contributed by atoms with van der Waals surface area (Å²) in [5.41, 5.74) is 5.55. The molecule has 13 heavy (non-hydrogen) atoms. The van der Waals surface area contributed by atoms with Crippen LogP contribution in [0.15, 0.2) is 26.0 Å². The van der Waals surface area contributed by atoms with Gasteiger partial charge in [0.15, 0.2) is 0 Å². The first-order valence-electron chi connectivity index (χ1n) is 3.82. The number of hydrogen-bond donors (Lipinski definition) is 1. The maximum absolute atomic E-state index is 11.5. The van der Waals surface area contributed by atoms with E-state index < -0.39 is 0 Å². The lowest BCUT2D eigenvalue weighted by Gasteiger charge is -2.09. The minimum absolute atomic E-state index is 0.0288. The summed E-state index contributed by atoms with van der Waals surface area (Å²) >= 11 is 6.49. The molecule has 3 nitrogen and oxygen atoms in total. The van der Waals surface area contributed by atoms with E-state index in [1.807, 2.05) is 6.92 Å². The van der Waals surface area contributed by atoms with Gasteiger partial charge in [-0.15, -0.1) is 0 Å². The third kappa shape index (κ3) is 2.93. The smallest absolute Gasteiger partial charge is 0.264 e. The fraction of sp³-hybridized carbons (Fsp3) is 0.375. The minimum atomic E-state index is -0.0551. The molecule has 1 rings (SSSR count). The molecule has 0 aliphatic heterocycles. The molecule has 2 N–H and O–H groups in total. The second-order valence-electron chi connectivity index (χ2n) is 2.94. The van der Waals surface area contributed by atoms with E-state index in [1.165, 1.54) is 0 Å². The molecule has 0 saturated carbocycles. The number of nitrogens with two attached hydrogens (primary N) is 1. The van der Waals surface area contributed by atoms with Gasteiger partial charge in [-0.3, -0.25) is 4.79 Å². The number of halogens is 2. The van der Waals surface area contributed by atoms with Gasteiger partial charge in [-0.05, 0) is 44.8 Å². The second-order valence-corrected chi connectivity index (χ2v) is 4.71. The molecule has 1 aromatic rings. The fourth-order valence-corrected chi connectivity index (χ4v) is 2.27. The number of aromatic nitrogens is 1. The Morgan fingerprint density at radius 1 is 1.62 bits per heavy atom. The van der Waals surface area contributed by atoms with E-state index in [2.05, 4.69) is 31.9 Å². The lowest BCUT2D eigenvalue weighted by molar-refractivity contribution is 0.571. The molecule has 1 unspecified atom stereocenters. The first-order valence-corrected chi connectivity index (χ1v) is 5.40. The SMILES string of the molecule is CC(N)Cn1cc(Br)cc(Br)c1=O. The van der Waals surface area contributed by atoms with E-state index in [4.69, 9.17) is 5.73 Å².